The van der Waals surface area contributed by atoms with Gasteiger partial charge in [-0.1, -0.05) is 0 Å². The molecule has 1 aliphatic heterocycles. The Morgan fingerprint density at radius 2 is 2.02 bits per heavy atom. The highest BCUT2D eigenvalue weighted by atomic mass is 31.2. The van der Waals surface area contributed by atoms with Gasteiger partial charge in [-0.15, -0.1) is 0 Å². The third-order valence-electron chi connectivity index (χ3n) is 6.22. The number of alkyl halides is 1. The van der Waals surface area contributed by atoms with Gasteiger partial charge < -0.3 is 30.2 Å². The number of nitrogens with one attached hydrogen (secondary N) is 2. The number of esters is 1. The van der Waals surface area contributed by atoms with Crippen LogP contribution in [-0.2, 0) is 23.4 Å². The standard InChI is InChI=1S/C24H31F3N7O7P/c1-11(2)39-21(36)12(3)33-42(37,41-15-7-6-13(25)8-14(15)26)38-9-16-18(35)24(4,27)22(40-16)34-10-30-17-19(29-5)31-23(28)32-20(17)34/h6-8,10-12,16,18,22,35H,9H2,1-5H3,(H,33,37)(H3,28,29,31,32)/t12-,16+,18+,22+,24+,42-/m0/s1. The zero-order chi connectivity index (χ0) is 31.0. The zero-order valence-electron chi connectivity index (χ0n) is 23.2. The van der Waals surface area contributed by atoms with E-state index in [4.69, 9.17) is 24.3 Å². The maximum absolute atomic E-state index is 16.0. The fourth-order valence-corrected chi connectivity index (χ4v) is 5.70. The lowest BCUT2D eigenvalue weighted by molar-refractivity contribution is -0.149. The van der Waals surface area contributed by atoms with Crippen LogP contribution in [0.1, 0.15) is 33.9 Å². The summed E-state index contributed by atoms with van der Waals surface area (Å²) in [6.45, 7) is 4.79. The number of carbonyl (C=O) groups excluding carboxylic acids is 1. The molecule has 0 amide bonds. The number of hydrogen-bond acceptors (Lipinski definition) is 12. The molecule has 5 N–H and O–H groups in total. The molecule has 0 unspecified atom stereocenters. The molecule has 42 heavy (non-hydrogen) atoms. The third-order valence-corrected chi connectivity index (χ3v) is 7.85. The van der Waals surface area contributed by atoms with E-state index in [0.717, 1.165) is 19.1 Å². The summed E-state index contributed by atoms with van der Waals surface area (Å²) in [6.07, 6.45) is -4.09. The van der Waals surface area contributed by atoms with Crippen molar-refractivity contribution < 1.29 is 46.2 Å². The number of aliphatic hydroxyl groups is 1. The molecule has 230 valence electrons. The molecule has 0 bridgehead atoms. The van der Waals surface area contributed by atoms with E-state index in [2.05, 4.69) is 25.4 Å². The monoisotopic (exact) mass is 617 g/mol. The molecule has 1 fully saturated rings. The second kappa shape index (κ2) is 12.0. The van der Waals surface area contributed by atoms with Gasteiger partial charge in [-0.05, 0) is 39.8 Å². The van der Waals surface area contributed by atoms with E-state index in [0.29, 0.717) is 6.07 Å². The van der Waals surface area contributed by atoms with Gasteiger partial charge in [0.15, 0.2) is 40.4 Å². The van der Waals surface area contributed by atoms with Gasteiger partial charge in [0.2, 0.25) is 5.95 Å². The van der Waals surface area contributed by atoms with Gasteiger partial charge in [-0.2, -0.15) is 15.1 Å². The molecule has 0 radical (unpaired) electrons. The number of aromatic nitrogens is 4. The van der Waals surface area contributed by atoms with E-state index in [1.54, 1.807) is 20.9 Å². The van der Waals surface area contributed by atoms with Gasteiger partial charge in [0.1, 0.15) is 24.1 Å². The van der Waals surface area contributed by atoms with Crippen molar-refractivity contribution in [2.24, 2.45) is 0 Å². The number of rotatable bonds is 11. The minimum atomic E-state index is -4.69. The van der Waals surface area contributed by atoms with Crippen LogP contribution in [0.4, 0.5) is 24.9 Å². The summed E-state index contributed by atoms with van der Waals surface area (Å²) >= 11 is 0. The van der Waals surface area contributed by atoms with E-state index in [1.165, 1.54) is 17.8 Å². The smallest absolute Gasteiger partial charge is 0.459 e. The number of carbonyl (C=O) groups is 1. The van der Waals surface area contributed by atoms with E-state index >= 15 is 4.39 Å². The Labute approximate surface area is 238 Å². The van der Waals surface area contributed by atoms with Crippen LogP contribution in [0.15, 0.2) is 24.5 Å². The van der Waals surface area contributed by atoms with Crippen molar-refractivity contribution in [1.82, 2.24) is 24.6 Å². The number of anilines is 2. The molecular formula is C24H31F3N7O7P. The Hall–Kier alpha value is -3.50. The zero-order valence-corrected chi connectivity index (χ0v) is 24.1. The minimum absolute atomic E-state index is 0.106. The summed E-state index contributed by atoms with van der Waals surface area (Å²) < 4.78 is 80.2. The number of imidazole rings is 1. The normalized spacial score (nSPS) is 24.5. The Morgan fingerprint density at radius 3 is 2.67 bits per heavy atom. The topological polar surface area (TPSA) is 185 Å². The van der Waals surface area contributed by atoms with Gasteiger partial charge in [0.25, 0.3) is 0 Å². The van der Waals surface area contributed by atoms with Crippen LogP contribution >= 0.6 is 7.75 Å². The number of ether oxygens (including phenoxy) is 2. The van der Waals surface area contributed by atoms with E-state index < -0.39 is 74.0 Å². The molecule has 6 atom stereocenters. The number of hydrogen-bond donors (Lipinski definition) is 4. The van der Waals surface area contributed by atoms with Gasteiger partial charge in [-0.3, -0.25) is 13.9 Å². The van der Waals surface area contributed by atoms with Crippen molar-refractivity contribution in [2.75, 3.05) is 24.7 Å². The summed E-state index contributed by atoms with van der Waals surface area (Å²) in [5.74, 6) is -3.48. The highest BCUT2D eigenvalue weighted by Gasteiger charge is 2.56. The highest BCUT2D eigenvalue weighted by Crippen LogP contribution is 2.48. The first-order valence-electron chi connectivity index (χ1n) is 12.7. The summed E-state index contributed by atoms with van der Waals surface area (Å²) in [7, 11) is -3.10. The highest BCUT2D eigenvalue weighted by molar-refractivity contribution is 7.52. The van der Waals surface area contributed by atoms with Gasteiger partial charge in [0, 0.05) is 13.1 Å². The number of aliphatic hydroxyl groups excluding tert-OH is 1. The lowest BCUT2D eigenvalue weighted by atomic mass is 9.98. The van der Waals surface area contributed by atoms with Crippen LogP contribution in [0.2, 0.25) is 0 Å². The molecule has 2 aromatic heterocycles. The molecule has 3 aromatic rings. The summed E-state index contributed by atoms with van der Waals surface area (Å²) in [5.41, 5.74) is 3.67. The van der Waals surface area contributed by atoms with Crippen LogP contribution in [0.3, 0.4) is 0 Å². The van der Waals surface area contributed by atoms with Crippen LogP contribution in [0.25, 0.3) is 11.2 Å². The molecule has 1 aliphatic rings. The molecule has 0 aliphatic carbocycles. The number of nitrogens with two attached hydrogens (primary N) is 1. The Balaban J connectivity index is 1.59. The maximum atomic E-state index is 16.0. The fourth-order valence-electron chi connectivity index (χ4n) is 4.19. The van der Waals surface area contributed by atoms with Gasteiger partial charge in [-0.25, -0.2) is 22.7 Å². The van der Waals surface area contributed by atoms with Gasteiger partial charge in [0.05, 0.1) is 19.0 Å². The minimum Gasteiger partial charge on any atom is -0.462 e. The fraction of sp³-hybridized carbons (Fsp3) is 0.500. The number of benzene rings is 1. The maximum Gasteiger partial charge on any atom is 0.459 e. The number of nitrogen functional groups attached to an aromatic ring is 1. The quantitative estimate of drug-likeness (QED) is 0.182. The summed E-state index contributed by atoms with van der Waals surface area (Å²) in [4.78, 5) is 24.7. The molecule has 1 aromatic carbocycles. The second-order valence-corrected chi connectivity index (χ2v) is 11.6. The molecule has 18 heteroatoms. The second-order valence-electron chi connectivity index (χ2n) is 9.92. The van der Waals surface area contributed by atoms with Crippen molar-refractivity contribution in [3.63, 3.8) is 0 Å². The predicted molar refractivity (Wildman–Crippen MR) is 143 cm³/mol. The summed E-state index contributed by atoms with van der Waals surface area (Å²) in [6, 6.07) is 0.920. The lowest BCUT2D eigenvalue weighted by Gasteiger charge is -2.25. The van der Waals surface area contributed by atoms with Crippen LogP contribution in [0, 0.1) is 11.6 Å². The molecule has 0 spiro atoms. The predicted octanol–water partition coefficient (Wildman–Crippen LogP) is 2.85. The van der Waals surface area contributed by atoms with Crippen molar-refractivity contribution in [3.8, 4) is 5.75 Å². The first-order chi connectivity index (χ1) is 19.6. The SMILES string of the molecule is CNc1nc(N)nc2c1ncn2[C@@H]1O[C@H](CO[P@@](=O)(N[C@@H](C)C(=O)OC(C)C)Oc2ccc(F)cc2F)[C@@H](O)[C@@]1(C)F. The van der Waals surface area contributed by atoms with Crippen LogP contribution in [-0.4, -0.2) is 74.3 Å². The van der Waals surface area contributed by atoms with Crippen LogP contribution in [0.5, 0.6) is 5.75 Å². The molecule has 4 rings (SSSR count). The van der Waals surface area contributed by atoms with Crippen molar-refractivity contribution >= 4 is 36.6 Å². The first-order valence-corrected chi connectivity index (χ1v) is 14.3. The van der Waals surface area contributed by atoms with E-state index in [9.17, 15) is 23.2 Å². The van der Waals surface area contributed by atoms with Crippen LogP contribution < -0.4 is 20.7 Å². The molecule has 0 saturated carbocycles. The Morgan fingerprint density at radius 1 is 1.31 bits per heavy atom. The van der Waals surface area contributed by atoms with Crippen molar-refractivity contribution in [3.05, 3.63) is 36.2 Å². The Bertz CT molecular complexity index is 1510. The van der Waals surface area contributed by atoms with Crippen molar-refractivity contribution in [2.45, 2.75) is 63.9 Å². The van der Waals surface area contributed by atoms with E-state index in [-0.39, 0.29) is 22.9 Å². The molecule has 3 heterocycles. The number of nitrogens with zero attached hydrogens (tertiary/aromatic N) is 4. The summed E-state index contributed by atoms with van der Waals surface area (Å²) in [5, 5.41) is 16.0. The Kier molecular flexibility index (Phi) is 8.99. The molecule has 14 nitrogen and oxygen atoms in total. The lowest BCUT2D eigenvalue weighted by Crippen LogP contribution is -2.41. The third kappa shape index (κ3) is 6.44. The molecular weight excluding hydrogens is 586 g/mol. The number of halogens is 3. The number of fused-ring (bicyclic) bond motifs is 1. The first kappa shape index (κ1) is 31.4. The average Bonchev–Trinajstić information content (AvgIpc) is 3.41. The molecule has 1 saturated heterocycles. The largest absolute Gasteiger partial charge is 0.462 e. The van der Waals surface area contributed by atoms with E-state index in [1.807, 2.05) is 0 Å². The van der Waals surface area contributed by atoms with Gasteiger partial charge >= 0.3 is 13.7 Å². The average molecular weight is 618 g/mol. The van der Waals surface area contributed by atoms with Crippen molar-refractivity contribution in [1.29, 1.82) is 0 Å².